The van der Waals surface area contributed by atoms with E-state index >= 15 is 0 Å². The van der Waals surface area contributed by atoms with Gasteiger partial charge in [-0.25, -0.2) is 13.8 Å². The summed E-state index contributed by atoms with van der Waals surface area (Å²) in [5.74, 6) is 0.487. The van der Waals surface area contributed by atoms with Gasteiger partial charge in [-0.2, -0.15) is 5.10 Å². The van der Waals surface area contributed by atoms with Gasteiger partial charge in [0.15, 0.2) is 0 Å². The molecular weight excluding hydrogens is 450 g/mol. The van der Waals surface area contributed by atoms with Crippen LogP contribution in [0.15, 0.2) is 58.5 Å². The van der Waals surface area contributed by atoms with E-state index in [1.165, 1.54) is 19.2 Å². The number of hydrazone groups is 1. The molecule has 1 aliphatic carbocycles. The van der Waals surface area contributed by atoms with Crippen LogP contribution in [-0.4, -0.2) is 33.7 Å². The van der Waals surface area contributed by atoms with E-state index in [0.717, 1.165) is 41.3 Å². The Morgan fingerprint density at radius 3 is 2.35 bits per heavy atom. The molecule has 0 heterocycles. The molecule has 0 saturated heterocycles. The molecule has 0 atom stereocenters. The molecule has 0 aromatic heterocycles. The molecule has 1 amide bonds. The molecule has 7 nitrogen and oxygen atoms in total. The lowest BCUT2D eigenvalue weighted by atomic mass is 9.72. The summed E-state index contributed by atoms with van der Waals surface area (Å²) in [6.07, 6.45) is 3.74. The van der Waals surface area contributed by atoms with E-state index in [9.17, 15) is 13.2 Å². The fourth-order valence-electron chi connectivity index (χ4n) is 4.25. The quantitative estimate of drug-likeness (QED) is 0.565. The van der Waals surface area contributed by atoms with Crippen LogP contribution in [0, 0.1) is 18.3 Å². The van der Waals surface area contributed by atoms with Gasteiger partial charge in [0, 0.05) is 5.71 Å². The Morgan fingerprint density at radius 2 is 1.76 bits per heavy atom. The molecule has 3 rings (SSSR count). The molecule has 0 unspecified atom stereocenters. The Hall–Kier alpha value is -2.87. The first-order valence-electron chi connectivity index (χ1n) is 11.6. The van der Waals surface area contributed by atoms with Gasteiger partial charge in [0.25, 0.3) is 15.9 Å². The number of benzene rings is 2. The molecule has 2 aromatic carbocycles. The van der Waals surface area contributed by atoms with Crippen molar-refractivity contribution in [1.29, 1.82) is 0 Å². The number of hydrogen-bond donors (Lipinski definition) is 1. The second-order valence-electron chi connectivity index (χ2n) is 9.85. The first-order valence-corrected chi connectivity index (χ1v) is 13.0. The molecule has 1 aliphatic rings. The van der Waals surface area contributed by atoms with Crippen LogP contribution < -0.4 is 14.5 Å². The van der Waals surface area contributed by atoms with Crippen LogP contribution >= 0.6 is 0 Å². The number of rotatable bonds is 7. The SMILES string of the molecule is COc1ccc(C)cc1N(CC(=O)NN=C1CCC(C(C)(C)C)CC1)S(=O)(=O)c1ccccc1. The van der Waals surface area contributed by atoms with Gasteiger partial charge in [-0.3, -0.25) is 9.10 Å². The second-order valence-corrected chi connectivity index (χ2v) is 11.7. The fourth-order valence-corrected chi connectivity index (χ4v) is 5.69. The summed E-state index contributed by atoms with van der Waals surface area (Å²) in [5, 5.41) is 4.33. The highest BCUT2D eigenvalue weighted by Crippen LogP contribution is 2.37. The van der Waals surface area contributed by atoms with Crippen LogP contribution in [0.2, 0.25) is 0 Å². The van der Waals surface area contributed by atoms with Gasteiger partial charge in [0.05, 0.1) is 17.7 Å². The van der Waals surface area contributed by atoms with E-state index in [-0.39, 0.29) is 10.3 Å². The number of nitrogens with one attached hydrogen (secondary N) is 1. The zero-order valence-corrected chi connectivity index (χ0v) is 21.5. The van der Waals surface area contributed by atoms with Gasteiger partial charge in [-0.05, 0) is 73.8 Å². The Kier molecular flexibility index (Phi) is 8.02. The average Bonchev–Trinajstić information content (AvgIpc) is 2.81. The van der Waals surface area contributed by atoms with Crippen molar-refractivity contribution >= 4 is 27.3 Å². The Bertz CT molecular complexity index is 1130. The number of amides is 1. The molecule has 34 heavy (non-hydrogen) atoms. The third-order valence-electron chi connectivity index (χ3n) is 6.35. The summed E-state index contributed by atoms with van der Waals surface area (Å²) < 4.78 is 33.6. The van der Waals surface area contributed by atoms with Gasteiger partial charge in [0.2, 0.25) is 0 Å². The highest BCUT2D eigenvalue weighted by Gasteiger charge is 2.30. The smallest absolute Gasteiger partial charge is 0.264 e. The summed E-state index contributed by atoms with van der Waals surface area (Å²) >= 11 is 0. The highest BCUT2D eigenvalue weighted by atomic mass is 32.2. The minimum Gasteiger partial charge on any atom is -0.495 e. The van der Waals surface area contributed by atoms with Crippen LogP contribution in [0.5, 0.6) is 5.75 Å². The molecule has 1 saturated carbocycles. The molecule has 184 valence electrons. The van der Waals surface area contributed by atoms with Gasteiger partial charge in [-0.1, -0.05) is 45.0 Å². The van der Waals surface area contributed by atoms with Crippen molar-refractivity contribution < 1.29 is 17.9 Å². The van der Waals surface area contributed by atoms with Crippen molar-refractivity contribution in [3.8, 4) is 5.75 Å². The number of methoxy groups -OCH3 is 1. The summed E-state index contributed by atoms with van der Waals surface area (Å²) in [6.45, 7) is 8.20. The molecule has 0 spiro atoms. The van der Waals surface area contributed by atoms with E-state index in [4.69, 9.17) is 4.74 Å². The van der Waals surface area contributed by atoms with Crippen molar-refractivity contribution in [2.45, 2.75) is 58.3 Å². The summed E-state index contributed by atoms with van der Waals surface area (Å²) in [4.78, 5) is 13.0. The molecule has 0 radical (unpaired) electrons. The molecule has 8 heteroatoms. The number of carbonyl (C=O) groups excluding carboxylic acids is 1. The molecule has 0 aliphatic heterocycles. The van der Waals surface area contributed by atoms with Crippen LogP contribution in [0.1, 0.15) is 52.0 Å². The van der Waals surface area contributed by atoms with E-state index in [1.807, 2.05) is 13.0 Å². The van der Waals surface area contributed by atoms with Gasteiger partial charge >= 0.3 is 0 Å². The van der Waals surface area contributed by atoms with E-state index in [1.54, 1.807) is 30.3 Å². The maximum atomic E-state index is 13.5. The number of aryl methyl sites for hydroxylation is 1. The van der Waals surface area contributed by atoms with Crippen LogP contribution in [0.25, 0.3) is 0 Å². The molecule has 1 N–H and O–H groups in total. The number of ether oxygens (including phenoxy) is 1. The Labute approximate surface area is 203 Å². The van der Waals surface area contributed by atoms with Crippen LogP contribution in [0.3, 0.4) is 0 Å². The predicted molar refractivity (Wildman–Crippen MR) is 136 cm³/mol. The molecule has 0 bridgehead atoms. The van der Waals surface area contributed by atoms with E-state index in [2.05, 4.69) is 31.3 Å². The number of nitrogens with zero attached hydrogens (tertiary/aromatic N) is 2. The zero-order valence-electron chi connectivity index (χ0n) is 20.7. The minimum atomic E-state index is -4.02. The highest BCUT2D eigenvalue weighted by molar-refractivity contribution is 7.92. The molecule has 1 fully saturated rings. The van der Waals surface area contributed by atoms with Crippen molar-refractivity contribution in [3.63, 3.8) is 0 Å². The van der Waals surface area contributed by atoms with Crippen LogP contribution in [-0.2, 0) is 14.8 Å². The Morgan fingerprint density at radius 1 is 1.12 bits per heavy atom. The zero-order chi connectivity index (χ0) is 24.9. The summed E-state index contributed by atoms with van der Waals surface area (Å²) in [7, 11) is -2.55. The van der Waals surface area contributed by atoms with Gasteiger partial charge in [0.1, 0.15) is 12.3 Å². The summed E-state index contributed by atoms with van der Waals surface area (Å²) in [5.41, 5.74) is 4.94. The first-order chi connectivity index (χ1) is 16.0. The number of hydrogen-bond acceptors (Lipinski definition) is 5. The average molecular weight is 486 g/mol. The third-order valence-corrected chi connectivity index (χ3v) is 8.12. The third kappa shape index (κ3) is 6.17. The standard InChI is InChI=1S/C26H35N3O4S/c1-19-11-16-24(33-5)23(17-19)29(34(31,32)22-9-7-6-8-10-22)18-25(30)28-27-21-14-12-20(13-15-21)26(2,3)4/h6-11,16-17,20H,12-15,18H2,1-5H3,(H,28,30). The van der Waals surface area contributed by atoms with Gasteiger partial charge < -0.3 is 4.74 Å². The maximum Gasteiger partial charge on any atom is 0.264 e. The molecule has 2 aromatic rings. The topological polar surface area (TPSA) is 88.1 Å². The number of carbonyl (C=O) groups is 1. The van der Waals surface area contributed by atoms with Crippen molar-refractivity contribution in [2.24, 2.45) is 16.4 Å². The minimum absolute atomic E-state index is 0.0955. The van der Waals surface area contributed by atoms with Crippen LogP contribution in [0.4, 0.5) is 5.69 Å². The number of anilines is 1. The maximum absolute atomic E-state index is 13.5. The largest absolute Gasteiger partial charge is 0.495 e. The lowest BCUT2D eigenvalue weighted by molar-refractivity contribution is -0.119. The first kappa shape index (κ1) is 25.7. The van der Waals surface area contributed by atoms with E-state index in [0.29, 0.717) is 17.4 Å². The number of sulfonamides is 1. The lowest BCUT2D eigenvalue weighted by Crippen LogP contribution is -2.40. The summed E-state index contributed by atoms with van der Waals surface area (Å²) in [6, 6.07) is 13.3. The second kappa shape index (κ2) is 10.6. The van der Waals surface area contributed by atoms with Crippen molar-refractivity contribution in [1.82, 2.24) is 5.43 Å². The van der Waals surface area contributed by atoms with Crippen molar-refractivity contribution in [3.05, 3.63) is 54.1 Å². The predicted octanol–water partition coefficient (Wildman–Crippen LogP) is 4.91. The van der Waals surface area contributed by atoms with Gasteiger partial charge in [-0.15, -0.1) is 0 Å². The van der Waals surface area contributed by atoms with Crippen molar-refractivity contribution in [2.75, 3.05) is 18.0 Å². The Balaban J connectivity index is 1.83. The molecular formula is C26H35N3O4S. The normalized spacial score (nSPS) is 16.6. The monoisotopic (exact) mass is 485 g/mol. The van der Waals surface area contributed by atoms with E-state index < -0.39 is 22.5 Å². The fraction of sp³-hybridized carbons (Fsp3) is 0.462. The lowest BCUT2D eigenvalue weighted by Gasteiger charge is -2.34.